The van der Waals surface area contributed by atoms with Gasteiger partial charge in [0.05, 0.1) is 13.2 Å². The Morgan fingerprint density at radius 1 is 1.33 bits per heavy atom. The number of hydrogen-bond donors (Lipinski definition) is 0. The van der Waals surface area contributed by atoms with E-state index in [2.05, 4.69) is 40.1 Å². The number of fused-ring (bicyclic) bond motifs is 1. The molecule has 3 heterocycles. The highest BCUT2D eigenvalue weighted by Gasteiger charge is 2.63. The van der Waals surface area contributed by atoms with Gasteiger partial charge in [0.15, 0.2) is 0 Å². The van der Waals surface area contributed by atoms with Crippen molar-refractivity contribution in [1.82, 2.24) is 19.4 Å². The molecule has 2 aliphatic heterocycles. The first-order valence-electron chi connectivity index (χ1n) is 10.5. The van der Waals surface area contributed by atoms with E-state index in [4.69, 9.17) is 4.74 Å². The molecule has 1 amide bonds. The fourth-order valence-corrected chi connectivity index (χ4v) is 5.97. The molecule has 3 fully saturated rings. The molecule has 1 aliphatic carbocycles. The Balaban J connectivity index is 1.39. The summed E-state index contributed by atoms with van der Waals surface area (Å²) in [5.74, 6) is 1.99. The van der Waals surface area contributed by atoms with Crippen LogP contribution in [-0.4, -0.2) is 71.2 Å². The van der Waals surface area contributed by atoms with E-state index in [1.165, 1.54) is 6.42 Å². The van der Waals surface area contributed by atoms with Crippen molar-refractivity contribution in [2.45, 2.75) is 46.6 Å². The van der Waals surface area contributed by atoms with Gasteiger partial charge in [0, 0.05) is 69.9 Å². The van der Waals surface area contributed by atoms with Gasteiger partial charge in [-0.25, -0.2) is 4.98 Å². The molecular formula is C21H34N4O2. The predicted molar refractivity (Wildman–Crippen MR) is 104 cm³/mol. The van der Waals surface area contributed by atoms with Crippen LogP contribution in [0.25, 0.3) is 0 Å². The fourth-order valence-electron chi connectivity index (χ4n) is 5.97. The second-order valence-electron chi connectivity index (χ2n) is 9.38. The van der Waals surface area contributed by atoms with Gasteiger partial charge in [-0.1, -0.05) is 20.8 Å². The number of imidazole rings is 1. The summed E-state index contributed by atoms with van der Waals surface area (Å²) < 4.78 is 7.64. The molecule has 0 bridgehead atoms. The molecule has 150 valence electrons. The minimum atomic E-state index is 0.292. The van der Waals surface area contributed by atoms with Crippen LogP contribution in [0.1, 0.15) is 39.4 Å². The van der Waals surface area contributed by atoms with E-state index in [1.807, 2.05) is 12.4 Å². The lowest BCUT2D eigenvalue weighted by Crippen LogP contribution is -2.59. The van der Waals surface area contributed by atoms with Crippen LogP contribution in [0.3, 0.4) is 0 Å². The largest absolute Gasteiger partial charge is 0.379 e. The number of aromatic nitrogens is 2. The molecule has 4 rings (SSSR count). The maximum atomic E-state index is 13.0. The first kappa shape index (κ1) is 18.9. The maximum absolute atomic E-state index is 13.0. The zero-order valence-electron chi connectivity index (χ0n) is 17.1. The third kappa shape index (κ3) is 3.54. The molecule has 1 saturated carbocycles. The number of likely N-dealkylation sites (tertiary alicyclic amines) is 1. The molecule has 0 spiro atoms. The Morgan fingerprint density at radius 2 is 2.11 bits per heavy atom. The second-order valence-corrected chi connectivity index (χ2v) is 9.38. The minimum absolute atomic E-state index is 0.292. The van der Waals surface area contributed by atoms with Crippen LogP contribution in [0.15, 0.2) is 12.4 Å². The average molecular weight is 375 g/mol. The van der Waals surface area contributed by atoms with Crippen LogP contribution < -0.4 is 0 Å². The molecule has 0 aromatic carbocycles. The molecule has 0 N–H and O–H groups in total. The quantitative estimate of drug-likeness (QED) is 0.765. The summed E-state index contributed by atoms with van der Waals surface area (Å²) in [6.07, 6.45) is 6.53. The smallest absolute Gasteiger partial charge is 0.224 e. The average Bonchev–Trinajstić information content (AvgIpc) is 3.23. The molecule has 0 unspecified atom stereocenters. The number of carbonyl (C=O) groups is 1. The molecular weight excluding hydrogens is 340 g/mol. The summed E-state index contributed by atoms with van der Waals surface area (Å²) in [5.41, 5.74) is 0.640. The highest BCUT2D eigenvalue weighted by molar-refractivity contribution is 5.76. The second kappa shape index (κ2) is 7.21. The van der Waals surface area contributed by atoms with Crippen LogP contribution in [0, 0.1) is 16.7 Å². The van der Waals surface area contributed by atoms with Gasteiger partial charge in [-0.05, 0) is 17.8 Å². The first-order valence-corrected chi connectivity index (χ1v) is 10.5. The summed E-state index contributed by atoms with van der Waals surface area (Å²) in [6, 6.07) is 0. The molecule has 27 heavy (non-hydrogen) atoms. The summed E-state index contributed by atoms with van der Waals surface area (Å²) in [7, 11) is 0. The molecule has 1 aromatic rings. The molecule has 2 saturated heterocycles. The molecule has 2 atom stereocenters. The van der Waals surface area contributed by atoms with Gasteiger partial charge in [0.25, 0.3) is 0 Å². The van der Waals surface area contributed by atoms with Gasteiger partial charge in [0.1, 0.15) is 5.82 Å². The number of carbonyl (C=O) groups excluding carboxylic acids is 1. The zero-order chi connectivity index (χ0) is 19.1. The first-order chi connectivity index (χ1) is 12.9. The van der Waals surface area contributed by atoms with Gasteiger partial charge in [-0.2, -0.15) is 0 Å². The summed E-state index contributed by atoms with van der Waals surface area (Å²) in [5, 5.41) is 0. The third-order valence-corrected chi connectivity index (χ3v) is 7.08. The van der Waals surface area contributed by atoms with E-state index in [9.17, 15) is 4.79 Å². The summed E-state index contributed by atoms with van der Waals surface area (Å²) in [6.45, 7) is 14.3. The highest BCUT2D eigenvalue weighted by Crippen LogP contribution is 2.63. The van der Waals surface area contributed by atoms with Crippen LogP contribution in [0.2, 0.25) is 0 Å². The van der Waals surface area contributed by atoms with Crippen molar-refractivity contribution in [3.8, 4) is 0 Å². The number of rotatable bonds is 6. The monoisotopic (exact) mass is 374 g/mol. The van der Waals surface area contributed by atoms with Crippen LogP contribution in [0.5, 0.6) is 0 Å². The normalized spacial score (nSPS) is 30.2. The van der Waals surface area contributed by atoms with Crippen molar-refractivity contribution in [2.24, 2.45) is 16.7 Å². The highest BCUT2D eigenvalue weighted by atomic mass is 16.5. The Kier molecular flexibility index (Phi) is 5.06. The number of hydrogen-bond acceptors (Lipinski definition) is 4. The van der Waals surface area contributed by atoms with E-state index in [-0.39, 0.29) is 0 Å². The van der Waals surface area contributed by atoms with Crippen LogP contribution in [0.4, 0.5) is 0 Å². The SMILES string of the molecule is CCc1nccn1CCC(=O)N1C[C@@H]2C(C)(C)C[C@]2(CN2CCOCC2)C1. The molecule has 6 nitrogen and oxygen atoms in total. The summed E-state index contributed by atoms with van der Waals surface area (Å²) in [4.78, 5) is 22.0. The van der Waals surface area contributed by atoms with Gasteiger partial charge in [0.2, 0.25) is 5.91 Å². The van der Waals surface area contributed by atoms with Gasteiger partial charge < -0.3 is 14.2 Å². The lowest BCUT2D eigenvalue weighted by Gasteiger charge is -2.58. The standard InChI is InChI=1S/C21H34N4O2/c1-4-18-22-6-8-24(18)7-5-19(26)25-13-17-20(2,3)14-21(17,16-25)15-23-9-11-27-12-10-23/h6,8,17H,4-5,7,9-16H2,1-3H3/t17-,21+/m1/s1. The fraction of sp³-hybridized carbons (Fsp3) is 0.810. The lowest BCUT2D eigenvalue weighted by atomic mass is 9.48. The van der Waals surface area contributed by atoms with E-state index < -0.39 is 0 Å². The van der Waals surface area contributed by atoms with Gasteiger partial charge in [-0.15, -0.1) is 0 Å². The van der Waals surface area contributed by atoms with E-state index in [0.717, 1.165) is 64.7 Å². The molecule has 1 aromatic heterocycles. The van der Waals surface area contributed by atoms with E-state index in [0.29, 0.717) is 29.1 Å². The number of morpholine rings is 1. The van der Waals surface area contributed by atoms with E-state index in [1.54, 1.807) is 0 Å². The zero-order valence-corrected chi connectivity index (χ0v) is 17.1. The number of ether oxygens (including phenoxy) is 1. The molecule has 0 radical (unpaired) electrons. The van der Waals surface area contributed by atoms with E-state index >= 15 is 0 Å². The van der Waals surface area contributed by atoms with Crippen LogP contribution in [-0.2, 0) is 22.5 Å². The molecule has 3 aliphatic rings. The van der Waals surface area contributed by atoms with Gasteiger partial charge in [-0.3, -0.25) is 9.69 Å². The van der Waals surface area contributed by atoms with Crippen molar-refractivity contribution >= 4 is 5.91 Å². The molecule has 6 heteroatoms. The Hall–Kier alpha value is -1.40. The third-order valence-electron chi connectivity index (χ3n) is 7.08. The van der Waals surface area contributed by atoms with Gasteiger partial charge >= 0.3 is 0 Å². The van der Waals surface area contributed by atoms with Crippen molar-refractivity contribution < 1.29 is 9.53 Å². The topological polar surface area (TPSA) is 50.6 Å². The van der Waals surface area contributed by atoms with Crippen molar-refractivity contribution in [1.29, 1.82) is 0 Å². The van der Waals surface area contributed by atoms with Crippen molar-refractivity contribution in [2.75, 3.05) is 45.9 Å². The van der Waals surface area contributed by atoms with Crippen molar-refractivity contribution in [3.05, 3.63) is 18.2 Å². The maximum Gasteiger partial charge on any atom is 0.224 e. The lowest BCUT2D eigenvalue weighted by molar-refractivity contribution is -0.131. The number of aryl methyl sites for hydroxylation is 2. The Morgan fingerprint density at radius 3 is 2.81 bits per heavy atom. The predicted octanol–water partition coefficient (Wildman–Crippen LogP) is 2.04. The summed E-state index contributed by atoms with van der Waals surface area (Å²) >= 11 is 0. The number of amides is 1. The minimum Gasteiger partial charge on any atom is -0.379 e. The van der Waals surface area contributed by atoms with Crippen LogP contribution >= 0.6 is 0 Å². The Bertz CT molecular complexity index is 679. The Labute approximate surface area is 162 Å². The number of nitrogens with zero attached hydrogens (tertiary/aromatic N) is 4. The van der Waals surface area contributed by atoms with Crippen molar-refractivity contribution in [3.63, 3.8) is 0 Å².